The molecule has 132 valence electrons. The number of carboxylic acids is 1. The van der Waals surface area contributed by atoms with E-state index in [0.29, 0.717) is 0 Å². The number of ether oxygens (including phenoxy) is 2. The number of benzene rings is 1. The molecule has 0 unspecified atom stereocenters. The Kier molecular flexibility index (Phi) is 7.74. The normalized spacial score (nSPS) is 11.7. The molecule has 1 amide bonds. The Labute approximate surface area is 141 Å². The predicted molar refractivity (Wildman–Crippen MR) is 86.2 cm³/mol. The molecule has 0 saturated carbocycles. The number of hydrogen-bond acceptors (Lipinski definition) is 5. The van der Waals surface area contributed by atoms with Crippen LogP contribution >= 0.6 is 0 Å². The van der Waals surface area contributed by atoms with Gasteiger partial charge in [-0.15, -0.1) is 0 Å². The highest BCUT2D eigenvalue weighted by Crippen LogP contribution is 2.09. The SMILES string of the molecule is CC(C)COC(=O)C[C@@H](C(=O)O)N(C)C(=O)OCc1ccccc1. The first-order valence-electron chi connectivity index (χ1n) is 7.63. The van der Waals surface area contributed by atoms with E-state index < -0.39 is 30.5 Å². The molecule has 1 aromatic carbocycles. The Balaban J connectivity index is 2.58. The predicted octanol–water partition coefficient (Wildman–Crippen LogP) is 2.30. The summed E-state index contributed by atoms with van der Waals surface area (Å²) in [5.74, 6) is -1.82. The van der Waals surface area contributed by atoms with Gasteiger partial charge in [-0.25, -0.2) is 9.59 Å². The van der Waals surface area contributed by atoms with Crippen LogP contribution in [0.4, 0.5) is 4.79 Å². The second-order valence-electron chi connectivity index (χ2n) is 5.79. The van der Waals surface area contributed by atoms with E-state index in [1.54, 1.807) is 24.3 Å². The molecule has 0 heterocycles. The van der Waals surface area contributed by atoms with Crippen molar-refractivity contribution < 1.29 is 29.0 Å². The molecule has 1 aromatic rings. The molecule has 1 rings (SSSR count). The number of carbonyl (C=O) groups excluding carboxylic acids is 2. The van der Waals surface area contributed by atoms with Gasteiger partial charge in [0, 0.05) is 7.05 Å². The van der Waals surface area contributed by atoms with Gasteiger partial charge in [0.1, 0.15) is 12.6 Å². The third-order valence-corrected chi connectivity index (χ3v) is 3.18. The topological polar surface area (TPSA) is 93.1 Å². The van der Waals surface area contributed by atoms with Gasteiger partial charge in [0.05, 0.1) is 13.0 Å². The van der Waals surface area contributed by atoms with Gasteiger partial charge in [0.25, 0.3) is 0 Å². The summed E-state index contributed by atoms with van der Waals surface area (Å²) in [5.41, 5.74) is 0.780. The highest BCUT2D eigenvalue weighted by Gasteiger charge is 2.30. The molecule has 0 spiro atoms. The summed E-state index contributed by atoms with van der Waals surface area (Å²) in [6.07, 6.45) is -1.25. The molecule has 7 nitrogen and oxygen atoms in total. The highest BCUT2D eigenvalue weighted by atomic mass is 16.6. The number of hydrogen-bond donors (Lipinski definition) is 1. The number of carboxylic acid groups (broad SMARTS) is 1. The molecule has 1 atom stereocenters. The van der Waals surface area contributed by atoms with Crippen molar-refractivity contribution in [3.05, 3.63) is 35.9 Å². The van der Waals surface area contributed by atoms with Crippen LogP contribution in [-0.4, -0.2) is 47.7 Å². The van der Waals surface area contributed by atoms with Crippen LogP contribution in [0, 0.1) is 5.92 Å². The quantitative estimate of drug-likeness (QED) is 0.732. The lowest BCUT2D eigenvalue weighted by molar-refractivity contribution is -0.152. The fourth-order valence-electron chi connectivity index (χ4n) is 1.81. The van der Waals surface area contributed by atoms with Crippen LogP contribution in [0.15, 0.2) is 30.3 Å². The van der Waals surface area contributed by atoms with Gasteiger partial charge < -0.3 is 14.6 Å². The highest BCUT2D eigenvalue weighted by molar-refractivity contribution is 5.85. The second-order valence-corrected chi connectivity index (χ2v) is 5.79. The molecule has 24 heavy (non-hydrogen) atoms. The summed E-state index contributed by atoms with van der Waals surface area (Å²) in [5, 5.41) is 9.25. The monoisotopic (exact) mass is 337 g/mol. The van der Waals surface area contributed by atoms with Crippen LogP contribution in [0.1, 0.15) is 25.8 Å². The molecular formula is C17H23NO6. The van der Waals surface area contributed by atoms with Gasteiger partial charge in [-0.05, 0) is 11.5 Å². The van der Waals surface area contributed by atoms with Crippen molar-refractivity contribution in [3.63, 3.8) is 0 Å². The van der Waals surface area contributed by atoms with E-state index in [-0.39, 0.29) is 19.1 Å². The molecule has 7 heteroatoms. The van der Waals surface area contributed by atoms with Gasteiger partial charge in [0.15, 0.2) is 0 Å². The minimum absolute atomic E-state index is 0.0220. The van der Waals surface area contributed by atoms with Crippen molar-refractivity contribution in [2.75, 3.05) is 13.7 Å². The number of nitrogens with zero attached hydrogens (tertiary/aromatic N) is 1. The van der Waals surface area contributed by atoms with Crippen LogP contribution in [0.5, 0.6) is 0 Å². The smallest absolute Gasteiger partial charge is 0.410 e. The van der Waals surface area contributed by atoms with E-state index in [1.807, 2.05) is 19.9 Å². The number of aliphatic carboxylic acids is 1. The molecule has 0 aromatic heterocycles. The lowest BCUT2D eigenvalue weighted by atomic mass is 10.2. The van der Waals surface area contributed by atoms with Crippen molar-refractivity contribution in [1.82, 2.24) is 4.90 Å². The van der Waals surface area contributed by atoms with Gasteiger partial charge >= 0.3 is 18.0 Å². The number of likely N-dealkylation sites (N-methyl/N-ethyl adjacent to an activating group) is 1. The first-order chi connectivity index (χ1) is 11.3. The maximum Gasteiger partial charge on any atom is 0.410 e. The van der Waals surface area contributed by atoms with Crippen LogP contribution in [0.25, 0.3) is 0 Å². The summed E-state index contributed by atoms with van der Waals surface area (Å²) in [6, 6.07) is 7.67. The minimum Gasteiger partial charge on any atom is -0.480 e. The Hall–Kier alpha value is -2.57. The zero-order valence-corrected chi connectivity index (χ0v) is 14.1. The molecule has 1 N–H and O–H groups in total. The standard InChI is InChI=1S/C17H23NO6/c1-12(2)10-23-15(19)9-14(16(20)21)18(3)17(22)24-11-13-7-5-4-6-8-13/h4-8,12,14H,9-11H2,1-3H3,(H,20,21)/t14-/m0/s1. The third-order valence-electron chi connectivity index (χ3n) is 3.18. The Morgan fingerprint density at radius 1 is 1.12 bits per heavy atom. The average molecular weight is 337 g/mol. The Morgan fingerprint density at radius 3 is 2.29 bits per heavy atom. The molecule has 0 fully saturated rings. The molecule has 0 bridgehead atoms. The minimum atomic E-state index is -1.34. The maximum atomic E-state index is 12.0. The largest absolute Gasteiger partial charge is 0.480 e. The lowest BCUT2D eigenvalue weighted by Crippen LogP contribution is -2.44. The average Bonchev–Trinajstić information content (AvgIpc) is 2.55. The van der Waals surface area contributed by atoms with Crippen LogP contribution in [0.2, 0.25) is 0 Å². The third kappa shape index (κ3) is 6.68. The van der Waals surface area contributed by atoms with E-state index in [2.05, 4.69) is 0 Å². The van der Waals surface area contributed by atoms with E-state index in [0.717, 1.165) is 10.5 Å². The molecule has 0 aliphatic heterocycles. The van der Waals surface area contributed by atoms with Gasteiger partial charge in [0.2, 0.25) is 0 Å². The first kappa shape index (κ1) is 19.5. The summed E-state index contributed by atoms with van der Waals surface area (Å²) in [6.45, 7) is 3.96. The van der Waals surface area contributed by atoms with Gasteiger partial charge in [-0.2, -0.15) is 0 Å². The number of carbonyl (C=O) groups is 3. The molecule has 0 radical (unpaired) electrons. The van der Waals surface area contributed by atoms with Crippen LogP contribution < -0.4 is 0 Å². The zero-order valence-electron chi connectivity index (χ0n) is 14.1. The lowest BCUT2D eigenvalue weighted by Gasteiger charge is -2.23. The summed E-state index contributed by atoms with van der Waals surface area (Å²) in [4.78, 5) is 35.9. The molecular weight excluding hydrogens is 314 g/mol. The van der Waals surface area contributed by atoms with Crippen molar-refractivity contribution in [3.8, 4) is 0 Å². The second kappa shape index (κ2) is 9.54. The van der Waals surface area contributed by atoms with E-state index in [9.17, 15) is 19.5 Å². The van der Waals surface area contributed by atoms with E-state index >= 15 is 0 Å². The Bertz CT molecular complexity index is 557. The van der Waals surface area contributed by atoms with Crippen LogP contribution in [0.3, 0.4) is 0 Å². The van der Waals surface area contributed by atoms with E-state index in [4.69, 9.17) is 9.47 Å². The van der Waals surface area contributed by atoms with Crippen molar-refractivity contribution in [2.24, 2.45) is 5.92 Å². The number of amides is 1. The summed E-state index contributed by atoms with van der Waals surface area (Å²) in [7, 11) is 1.28. The number of esters is 1. The van der Waals surface area contributed by atoms with Crippen molar-refractivity contribution >= 4 is 18.0 Å². The number of rotatable bonds is 8. The van der Waals surface area contributed by atoms with Gasteiger partial charge in [-0.1, -0.05) is 44.2 Å². The zero-order chi connectivity index (χ0) is 18.1. The van der Waals surface area contributed by atoms with Crippen molar-refractivity contribution in [2.45, 2.75) is 32.9 Å². The fourth-order valence-corrected chi connectivity index (χ4v) is 1.81. The van der Waals surface area contributed by atoms with E-state index in [1.165, 1.54) is 7.05 Å². The summed E-state index contributed by atoms with van der Waals surface area (Å²) >= 11 is 0. The van der Waals surface area contributed by atoms with Crippen molar-refractivity contribution in [1.29, 1.82) is 0 Å². The fraction of sp³-hybridized carbons (Fsp3) is 0.471. The Morgan fingerprint density at radius 2 is 1.75 bits per heavy atom. The first-order valence-corrected chi connectivity index (χ1v) is 7.63. The molecule has 0 saturated heterocycles. The van der Waals surface area contributed by atoms with Gasteiger partial charge in [-0.3, -0.25) is 9.69 Å². The molecule has 0 aliphatic carbocycles. The maximum absolute atomic E-state index is 12.0. The molecule has 0 aliphatic rings. The van der Waals surface area contributed by atoms with Crippen LogP contribution in [-0.2, 0) is 25.7 Å². The summed E-state index contributed by atoms with van der Waals surface area (Å²) < 4.78 is 10.0.